The van der Waals surface area contributed by atoms with Gasteiger partial charge in [-0.05, 0) is 20.3 Å². The molecule has 1 rings (SSSR count). The van der Waals surface area contributed by atoms with Crippen LogP contribution in [-0.2, 0) is 6.42 Å². The van der Waals surface area contributed by atoms with Gasteiger partial charge >= 0.3 is 0 Å². The highest BCUT2D eigenvalue weighted by atomic mass is 35.5. The molecule has 0 bridgehead atoms. The van der Waals surface area contributed by atoms with E-state index in [1.807, 2.05) is 19.9 Å². The molecule has 16 heavy (non-hydrogen) atoms. The molecule has 4 heteroatoms. The topological polar surface area (TPSA) is 37.8 Å². The Bertz CT molecular complexity index is 377. The van der Waals surface area contributed by atoms with Crippen molar-refractivity contribution in [3.63, 3.8) is 0 Å². The van der Waals surface area contributed by atoms with Crippen molar-refractivity contribution >= 4 is 17.4 Å². The van der Waals surface area contributed by atoms with Crippen molar-refractivity contribution < 1.29 is 0 Å². The van der Waals surface area contributed by atoms with E-state index in [-0.39, 0.29) is 0 Å². The quantitative estimate of drug-likeness (QED) is 0.632. The lowest BCUT2D eigenvalue weighted by atomic mass is 10.2. The standard InChI is InChI=1S/C12H18ClN3/c1-5-7-8(3)14-12-9(4)11(13)15-10(6-2)16-12/h5,8H,1,6-7H2,2-4H3,(H,14,15,16). The predicted molar refractivity (Wildman–Crippen MR) is 69.1 cm³/mol. The summed E-state index contributed by atoms with van der Waals surface area (Å²) in [6.45, 7) is 9.74. The van der Waals surface area contributed by atoms with E-state index >= 15 is 0 Å². The number of halogens is 1. The van der Waals surface area contributed by atoms with E-state index in [0.29, 0.717) is 11.2 Å². The van der Waals surface area contributed by atoms with Gasteiger partial charge in [0.1, 0.15) is 16.8 Å². The number of hydrogen-bond acceptors (Lipinski definition) is 3. The maximum absolute atomic E-state index is 6.05. The average Bonchev–Trinajstić information content (AvgIpc) is 2.24. The van der Waals surface area contributed by atoms with E-state index in [0.717, 1.165) is 30.0 Å². The molecule has 88 valence electrons. The maximum Gasteiger partial charge on any atom is 0.137 e. The number of nitrogens with one attached hydrogen (secondary N) is 1. The van der Waals surface area contributed by atoms with Crippen LogP contribution in [0.5, 0.6) is 0 Å². The van der Waals surface area contributed by atoms with Crippen molar-refractivity contribution in [2.45, 2.75) is 39.7 Å². The second kappa shape index (κ2) is 5.85. The maximum atomic E-state index is 6.05. The lowest BCUT2D eigenvalue weighted by Gasteiger charge is -2.15. The third-order valence-electron chi connectivity index (χ3n) is 2.35. The Morgan fingerprint density at radius 1 is 1.50 bits per heavy atom. The summed E-state index contributed by atoms with van der Waals surface area (Å²) in [5.74, 6) is 1.59. The van der Waals surface area contributed by atoms with E-state index in [1.165, 1.54) is 0 Å². The second-order valence-corrected chi connectivity index (χ2v) is 4.19. The molecule has 0 aliphatic heterocycles. The van der Waals surface area contributed by atoms with Crippen molar-refractivity contribution in [2.24, 2.45) is 0 Å². The average molecular weight is 240 g/mol. The normalized spacial score (nSPS) is 12.2. The fraction of sp³-hybridized carbons (Fsp3) is 0.500. The van der Waals surface area contributed by atoms with Gasteiger partial charge in [-0.25, -0.2) is 9.97 Å². The molecule has 1 heterocycles. The van der Waals surface area contributed by atoms with Gasteiger partial charge in [-0.1, -0.05) is 24.6 Å². The molecule has 0 aliphatic carbocycles. The Kier molecular flexibility index (Phi) is 4.74. The van der Waals surface area contributed by atoms with Crippen molar-refractivity contribution in [1.82, 2.24) is 9.97 Å². The van der Waals surface area contributed by atoms with E-state index in [9.17, 15) is 0 Å². The lowest BCUT2D eigenvalue weighted by molar-refractivity contribution is 0.797. The highest BCUT2D eigenvalue weighted by Crippen LogP contribution is 2.21. The molecule has 1 unspecified atom stereocenters. The Balaban J connectivity index is 2.93. The smallest absolute Gasteiger partial charge is 0.137 e. The number of nitrogens with zero attached hydrogens (tertiary/aromatic N) is 2. The lowest BCUT2D eigenvalue weighted by Crippen LogP contribution is -2.17. The van der Waals surface area contributed by atoms with Gasteiger partial charge < -0.3 is 5.32 Å². The van der Waals surface area contributed by atoms with Gasteiger partial charge in [0, 0.05) is 18.0 Å². The van der Waals surface area contributed by atoms with Crippen LogP contribution in [0, 0.1) is 6.92 Å². The summed E-state index contributed by atoms with van der Waals surface area (Å²) in [6, 6.07) is 0.298. The first-order valence-corrected chi connectivity index (χ1v) is 5.86. The zero-order chi connectivity index (χ0) is 12.1. The van der Waals surface area contributed by atoms with Crippen LogP contribution >= 0.6 is 11.6 Å². The molecular formula is C12H18ClN3. The van der Waals surface area contributed by atoms with Crippen molar-refractivity contribution in [2.75, 3.05) is 5.32 Å². The summed E-state index contributed by atoms with van der Waals surface area (Å²) in [5, 5.41) is 3.85. The second-order valence-electron chi connectivity index (χ2n) is 3.83. The van der Waals surface area contributed by atoms with Crippen LogP contribution in [0.1, 0.15) is 31.7 Å². The molecule has 0 saturated heterocycles. The van der Waals surface area contributed by atoms with Crippen LogP contribution in [0.2, 0.25) is 5.15 Å². The van der Waals surface area contributed by atoms with Crippen molar-refractivity contribution in [3.05, 3.63) is 29.2 Å². The number of aromatic nitrogens is 2. The van der Waals surface area contributed by atoms with Crippen molar-refractivity contribution in [3.8, 4) is 0 Å². The van der Waals surface area contributed by atoms with Crippen LogP contribution in [-0.4, -0.2) is 16.0 Å². The minimum absolute atomic E-state index is 0.298. The number of rotatable bonds is 5. The molecule has 0 fully saturated rings. The minimum Gasteiger partial charge on any atom is -0.367 e. The largest absolute Gasteiger partial charge is 0.367 e. The van der Waals surface area contributed by atoms with Gasteiger partial charge in [-0.15, -0.1) is 6.58 Å². The van der Waals surface area contributed by atoms with Gasteiger partial charge in [0.15, 0.2) is 0 Å². The third-order valence-corrected chi connectivity index (χ3v) is 2.72. The van der Waals surface area contributed by atoms with E-state index in [4.69, 9.17) is 11.6 Å². The summed E-state index contributed by atoms with van der Waals surface area (Å²) in [6.07, 6.45) is 3.56. The highest BCUT2D eigenvalue weighted by molar-refractivity contribution is 6.30. The zero-order valence-corrected chi connectivity index (χ0v) is 10.8. The van der Waals surface area contributed by atoms with E-state index in [2.05, 4.69) is 28.8 Å². The van der Waals surface area contributed by atoms with Gasteiger partial charge in [-0.3, -0.25) is 0 Å². The molecule has 1 atom stereocenters. The summed E-state index contributed by atoms with van der Waals surface area (Å²) in [7, 11) is 0. The molecule has 0 radical (unpaired) electrons. The molecular weight excluding hydrogens is 222 g/mol. The first-order chi connectivity index (χ1) is 7.58. The first-order valence-electron chi connectivity index (χ1n) is 5.48. The number of anilines is 1. The van der Waals surface area contributed by atoms with Crippen LogP contribution in [0.15, 0.2) is 12.7 Å². The number of hydrogen-bond donors (Lipinski definition) is 1. The Morgan fingerprint density at radius 2 is 2.19 bits per heavy atom. The van der Waals surface area contributed by atoms with Crippen molar-refractivity contribution in [1.29, 1.82) is 0 Å². The van der Waals surface area contributed by atoms with Gasteiger partial charge in [-0.2, -0.15) is 0 Å². The fourth-order valence-corrected chi connectivity index (χ4v) is 1.56. The van der Waals surface area contributed by atoms with Gasteiger partial charge in [0.2, 0.25) is 0 Å². The minimum atomic E-state index is 0.298. The first kappa shape index (κ1) is 13.0. The zero-order valence-electron chi connectivity index (χ0n) is 10.0. The molecule has 0 spiro atoms. The van der Waals surface area contributed by atoms with Gasteiger partial charge in [0.25, 0.3) is 0 Å². The van der Waals surface area contributed by atoms with Crippen LogP contribution in [0.4, 0.5) is 5.82 Å². The Labute approximate surface area is 102 Å². The summed E-state index contributed by atoms with van der Waals surface area (Å²) in [4.78, 5) is 8.63. The number of aryl methyl sites for hydroxylation is 1. The predicted octanol–water partition coefficient (Wildman–Crippen LogP) is 3.38. The molecule has 0 saturated carbocycles. The van der Waals surface area contributed by atoms with E-state index in [1.54, 1.807) is 0 Å². The Hall–Kier alpha value is -1.09. The summed E-state index contributed by atoms with van der Waals surface area (Å²) >= 11 is 6.05. The Morgan fingerprint density at radius 3 is 2.75 bits per heavy atom. The molecule has 3 nitrogen and oxygen atoms in total. The highest BCUT2D eigenvalue weighted by Gasteiger charge is 2.10. The van der Waals surface area contributed by atoms with Crippen LogP contribution < -0.4 is 5.32 Å². The molecule has 0 aromatic carbocycles. The van der Waals surface area contributed by atoms with Crippen LogP contribution in [0.25, 0.3) is 0 Å². The monoisotopic (exact) mass is 239 g/mol. The van der Waals surface area contributed by atoms with Gasteiger partial charge in [0.05, 0.1) is 0 Å². The molecule has 1 N–H and O–H groups in total. The summed E-state index contributed by atoms with van der Waals surface area (Å²) < 4.78 is 0. The van der Waals surface area contributed by atoms with E-state index < -0.39 is 0 Å². The SMILES string of the molecule is C=CCC(C)Nc1nc(CC)nc(Cl)c1C. The summed E-state index contributed by atoms with van der Waals surface area (Å²) in [5.41, 5.74) is 0.898. The molecule has 1 aromatic rings. The third kappa shape index (κ3) is 3.20. The molecule has 0 amide bonds. The fourth-order valence-electron chi connectivity index (χ4n) is 1.37. The molecule has 0 aliphatic rings. The molecule has 1 aromatic heterocycles. The van der Waals surface area contributed by atoms with Crippen LogP contribution in [0.3, 0.4) is 0 Å².